The van der Waals surface area contributed by atoms with Crippen molar-refractivity contribution in [2.24, 2.45) is 0 Å². The van der Waals surface area contributed by atoms with Gasteiger partial charge in [0.15, 0.2) is 6.04 Å². The van der Waals surface area contributed by atoms with Crippen molar-refractivity contribution in [1.82, 2.24) is 5.32 Å². The van der Waals surface area contributed by atoms with Gasteiger partial charge in [0.2, 0.25) is 6.41 Å². The average Bonchev–Trinajstić information content (AvgIpc) is 2.07. The van der Waals surface area contributed by atoms with Gasteiger partial charge in [0, 0.05) is 0 Å². The molecule has 0 aliphatic heterocycles. The zero-order valence-electron chi connectivity index (χ0n) is 11.5. The minimum Gasteiger partial charge on any atom is -0.458 e. The van der Waals surface area contributed by atoms with E-state index < -0.39 is 17.6 Å². The van der Waals surface area contributed by atoms with E-state index in [1.54, 1.807) is 20.8 Å². The SMILES string of the molecule is CC(C)(C)OCC(NC=O)C(=O)OC(C)(C)C. The lowest BCUT2D eigenvalue weighted by Gasteiger charge is -2.26. The molecule has 0 saturated heterocycles. The smallest absolute Gasteiger partial charge is 0.331 e. The highest BCUT2D eigenvalue weighted by atomic mass is 16.6. The lowest BCUT2D eigenvalue weighted by molar-refractivity contribution is -0.161. The third-order valence-corrected chi connectivity index (χ3v) is 1.64. The summed E-state index contributed by atoms with van der Waals surface area (Å²) in [4.78, 5) is 22.2. The van der Waals surface area contributed by atoms with E-state index in [1.165, 1.54) is 0 Å². The second-order valence-corrected chi connectivity index (χ2v) is 5.79. The van der Waals surface area contributed by atoms with Gasteiger partial charge in [-0.3, -0.25) is 4.79 Å². The Morgan fingerprint density at radius 1 is 1.18 bits per heavy atom. The van der Waals surface area contributed by atoms with Crippen LogP contribution in [0.5, 0.6) is 0 Å². The third kappa shape index (κ3) is 8.68. The van der Waals surface area contributed by atoms with Crippen molar-refractivity contribution in [3.05, 3.63) is 0 Å². The van der Waals surface area contributed by atoms with Gasteiger partial charge in [-0.2, -0.15) is 0 Å². The van der Waals surface area contributed by atoms with Crippen molar-refractivity contribution in [3.8, 4) is 0 Å². The molecule has 1 atom stereocenters. The first kappa shape index (κ1) is 15.9. The van der Waals surface area contributed by atoms with E-state index in [-0.39, 0.29) is 12.2 Å². The van der Waals surface area contributed by atoms with Crippen LogP contribution in [0, 0.1) is 0 Å². The molecule has 0 aromatic heterocycles. The zero-order chi connectivity index (χ0) is 13.7. The predicted molar refractivity (Wildman–Crippen MR) is 64.5 cm³/mol. The zero-order valence-corrected chi connectivity index (χ0v) is 11.5. The van der Waals surface area contributed by atoms with Gasteiger partial charge in [-0.25, -0.2) is 4.79 Å². The Morgan fingerprint density at radius 3 is 2.06 bits per heavy atom. The Kier molecular flexibility index (Phi) is 5.61. The Bertz CT molecular complexity index is 263. The first-order valence-corrected chi connectivity index (χ1v) is 5.62. The highest BCUT2D eigenvalue weighted by Gasteiger charge is 2.26. The van der Waals surface area contributed by atoms with Gasteiger partial charge in [-0.05, 0) is 41.5 Å². The summed E-state index contributed by atoms with van der Waals surface area (Å²) in [7, 11) is 0. The molecule has 1 N–H and O–H groups in total. The van der Waals surface area contributed by atoms with Crippen LogP contribution in [0.4, 0.5) is 0 Å². The first-order valence-electron chi connectivity index (χ1n) is 5.62. The van der Waals surface area contributed by atoms with Crippen molar-refractivity contribution < 1.29 is 19.1 Å². The highest BCUT2D eigenvalue weighted by molar-refractivity contribution is 5.78. The number of carbonyl (C=O) groups is 2. The van der Waals surface area contributed by atoms with Crippen LogP contribution in [0.3, 0.4) is 0 Å². The van der Waals surface area contributed by atoms with Gasteiger partial charge >= 0.3 is 5.97 Å². The molecule has 5 nitrogen and oxygen atoms in total. The van der Waals surface area contributed by atoms with Crippen molar-refractivity contribution in [1.29, 1.82) is 0 Å². The van der Waals surface area contributed by atoms with Crippen LogP contribution in [0.25, 0.3) is 0 Å². The third-order valence-electron chi connectivity index (χ3n) is 1.64. The normalized spacial score (nSPS) is 14.0. The van der Waals surface area contributed by atoms with E-state index in [4.69, 9.17) is 9.47 Å². The van der Waals surface area contributed by atoms with Gasteiger partial charge in [-0.1, -0.05) is 0 Å². The molecule has 0 aliphatic carbocycles. The van der Waals surface area contributed by atoms with Crippen LogP contribution >= 0.6 is 0 Å². The van der Waals surface area contributed by atoms with Gasteiger partial charge in [0.25, 0.3) is 0 Å². The monoisotopic (exact) mass is 245 g/mol. The number of carbonyl (C=O) groups excluding carboxylic acids is 2. The number of rotatable bonds is 5. The van der Waals surface area contributed by atoms with E-state index in [0.717, 1.165) is 0 Å². The maximum Gasteiger partial charge on any atom is 0.331 e. The molecule has 0 spiro atoms. The largest absolute Gasteiger partial charge is 0.458 e. The fourth-order valence-electron chi connectivity index (χ4n) is 0.973. The summed E-state index contributed by atoms with van der Waals surface area (Å²) in [5, 5.41) is 2.40. The summed E-state index contributed by atoms with van der Waals surface area (Å²) < 4.78 is 10.6. The molecule has 1 amide bonds. The molecule has 100 valence electrons. The van der Waals surface area contributed by atoms with Gasteiger partial charge in [-0.15, -0.1) is 0 Å². The average molecular weight is 245 g/mol. The Hall–Kier alpha value is -1.10. The first-order chi connectivity index (χ1) is 7.55. The van der Waals surface area contributed by atoms with Crippen LogP contribution in [-0.2, 0) is 19.1 Å². The van der Waals surface area contributed by atoms with Crippen LogP contribution in [0.2, 0.25) is 0 Å². The Labute approximate surface area is 103 Å². The van der Waals surface area contributed by atoms with E-state index in [2.05, 4.69) is 5.32 Å². The quantitative estimate of drug-likeness (QED) is 0.585. The lowest BCUT2D eigenvalue weighted by atomic mass is 10.2. The van der Waals surface area contributed by atoms with Gasteiger partial charge in [0.05, 0.1) is 12.2 Å². The molecule has 0 fully saturated rings. The maximum absolute atomic E-state index is 11.7. The summed E-state index contributed by atoms with van der Waals surface area (Å²) in [5.74, 6) is -0.492. The number of ether oxygens (including phenoxy) is 2. The van der Waals surface area contributed by atoms with E-state index in [1.807, 2.05) is 20.8 Å². The van der Waals surface area contributed by atoms with Gasteiger partial charge in [0.1, 0.15) is 5.60 Å². The van der Waals surface area contributed by atoms with Crippen molar-refractivity contribution in [2.75, 3.05) is 6.61 Å². The molecular weight excluding hydrogens is 222 g/mol. The second-order valence-electron chi connectivity index (χ2n) is 5.79. The lowest BCUT2D eigenvalue weighted by Crippen LogP contribution is -2.45. The Balaban J connectivity index is 4.41. The van der Waals surface area contributed by atoms with Crippen LogP contribution in [0.1, 0.15) is 41.5 Å². The molecule has 0 radical (unpaired) electrons. The summed E-state index contributed by atoms with van der Waals surface area (Å²) in [6, 6.07) is -0.772. The molecule has 1 unspecified atom stereocenters. The molecule has 5 heteroatoms. The molecule has 0 bridgehead atoms. The molecule has 17 heavy (non-hydrogen) atoms. The summed E-state index contributed by atoms with van der Waals surface area (Å²) in [5.41, 5.74) is -0.952. The molecular formula is C12H23NO4. The fourth-order valence-corrected chi connectivity index (χ4v) is 0.973. The summed E-state index contributed by atoms with van der Waals surface area (Å²) >= 11 is 0. The van der Waals surface area contributed by atoms with Crippen LogP contribution < -0.4 is 5.32 Å². The molecule has 0 saturated carbocycles. The highest BCUT2D eigenvalue weighted by Crippen LogP contribution is 2.11. The minimum atomic E-state index is -0.772. The van der Waals surface area contributed by atoms with Crippen molar-refractivity contribution >= 4 is 12.4 Å². The number of nitrogens with one attached hydrogen (secondary N) is 1. The maximum atomic E-state index is 11.7. The molecule has 0 aromatic rings. The molecule has 0 aromatic carbocycles. The van der Waals surface area contributed by atoms with Crippen LogP contribution in [-0.4, -0.2) is 36.2 Å². The molecule has 0 rings (SSSR count). The van der Waals surface area contributed by atoms with Gasteiger partial charge < -0.3 is 14.8 Å². The standard InChI is InChI=1S/C12H23NO4/c1-11(2,3)16-7-9(13-8-14)10(15)17-12(4,5)6/h8-9H,7H2,1-6H3,(H,13,14). The number of hydrogen-bond acceptors (Lipinski definition) is 4. The number of esters is 1. The summed E-state index contributed by atoms with van der Waals surface area (Å²) in [6.07, 6.45) is 0.473. The van der Waals surface area contributed by atoms with E-state index in [9.17, 15) is 9.59 Å². The number of hydrogen-bond donors (Lipinski definition) is 1. The molecule has 0 heterocycles. The summed E-state index contributed by atoms with van der Waals surface area (Å²) in [6.45, 7) is 11.0. The fraction of sp³-hybridized carbons (Fsp3) is 0.833. The molecule has 0 aliphatic rings. The minimum absolute atomic E-state index is 0.0944. The number of amides is 1. The van der Waals surface area contributed by atoms with E-state index in [0.29, 0.717) is 6.41 Å². The van der Waals surface area contributed by atoms with Crippen LogP contribution in [0.15, 0.2) is 0 Å². The topological polar surface area (TPSA) is 64.6 Å². The van der Waals surface area contributed by atoms with E-state index >= 15 is 0 Å². The van der Waals surface area contributed by atoms with Crippen molar-refractivity contribution in [2.45, 2.75) is 58.8 Å². The van der Waals surface area contributed by atoms with Crippen molar-refractivity contribution in [3.63, 3.8) is 0 Å². The predicted octanol–water partition coefficient (Wildman–Crippen LogP) is 1.26. The second kappa shape index (κ2) is 6.00. The Morgan fingerprint density at radius 2 is 1.71 bits per heavy atom.